The zero-order chi connectivity index (χ0) is 16.0. The van der Waals surface area contributed by atoms with Crippen molar-refractivity contribution < 1.29 is 14.3 Å². The summed E-state index contributed by atoms with van der Waals surface area (Å²) in [5, 5.41) is 6.76. The van der Waals surface area contributed by atoms with Crippen molar-refractivity contribution in [3.63, 3.8) is 0 Å². The van der Waals surface area contributed by atoms with Crippen LogP contribution in [0.5, 0.6) is 0 Å². The second-order valence-electron chi connectivity index (χ2n) is 7.64. The van der Waals surface area contributed by atoms with Crippen LogP contribution in [0.1, 0.15) is 59.3 Å². The fraction of sp³-hybridized carbons (Fsp3) is 0.941. The number of ether oxygens (including phenoxy) is 2. The van der Waals surface area contributed by atoms with Gasteiger partial charge < -0.3 is 20.1 Å². The van der Waals surface area contributed by atoms with Gasteiger partial charge in [0, 0.05) is 25.2 Å². The molecule has 0 radical (unpaired) electrons. The largest absolute Gasteiger partial charge is 0.444 e. The standard InChI is InChI=1S/C17H32N2O3/c1-17(2,3)22-16(20)19-15-8-6-4-5-7-14(15)18-11-13-9-10-21-12-13/h13-15,18H,4-12H2,1-3H3,(H,19,20). The molecule has 1 saturated carbocycles. The Balaban J connectivity index is 1.84. The number of carbonyl (C=O) groups is 1. The van der Waals surface area contributed by atoms with E-state index in [4.69, 9.17) is 9.47 Å². The Bertz CT molecular complexity index is 348. The van der Waals surface area contributed by atoms with Crippen molar-refractivity contribution in [2.24, 2.45) is 5.92 Å². The van der Waals surface area contributed by atoms with Gasteiger partial charge in [0.05, 0.1) is 6.61 Å². The quantitative estimate of drug-likeness (QED) is 0.784. The Morgan fingerprint density at radius 2 is 1.86 bits per heavy atom. The Hall–Kier alpha value is -0.810. The highest BCUT2D eigenvalue weighted by molar-refractivity contribution is 5.68. The third-order valence-corrected chi connectivity index (χ3v) is 4.41. The average molecular weight is 312 g/mol. The van der Waals surface area contributed by atoms with Gasteiger partial charge in [-0.2, -0.15) is 0 Å². The summed E-state index contributed by atoms with van der Waals surface area (Å²) in [6.07, 6.45) is 6.64. The molecule has 0 aromatic heterocycles. The molecule has 5 heteroatoms. The molecule has 0 aromatic rings. The Kier molecular flexibility index (Phi) is 6.50. The van der Waals surface area contributed by atoms with Gasteiger partial charge in [-0.05, 0) is 46.0 Å². The Morgan fingerprint density at radius 1 is 1.14 bits per heavy atom. The maximum atomic E-state index is 12.1. The summed E-state index contributed by atoms with van der Waals surface area (Å²) in [6.45, 7) is 8.43. The lowest BCUT2D eigenvalue weighted by molar-refractivity contribution is 0.0489. The average Bonchev–Trinajstić information content (AvgIpc) is 2.83. The number of hydrogen-bond donors (Lipinski definition) is 2. The molecule has 0 aromatic carbocycles. The lowest BCUT2D eigenvalue weighted by Crippen LogP contribution is -2.51. The summed E-state index contributed by atoms with van der Waals surface area (Å²) in [7, 11) is 0. The van der Waals surface area contributed by atoms with Gasteiger partial charge in [0.15, 0.2) is 0 Å². The maximum absolute atomic E-state index is 12.1. The van der Waals surface area contributed by atoms with Crippen LogP contribution >= 0.6 is 0 Å². The molecule has 5 nitrogen and oxygen atoms in total. The Morgan fingerprint density at radius 3 is 2.50 bits per heavy atom. The van der Waals surface area contributed by atoms with Crippen LogP contribution in [0.15, 0.2) is 0 Å². The van der Waals surface area contributed by atoms with Crippen molar-refractivity contribution >= 4 is 6.09 Å². The molecule has 3 unspecified atom stereocenters. The predicted molar refractivity (Wildman–Crippen MR) is 87.0 cm³/mol. The minimum Gasteiger partial charge on any atom is -0.444 e. The summed E-state index contributed by atoms with van der Waals surface area (Å²) in [5.74, 6) is 0.616. The molecule has 2 N–H and O–H groups in total. The molecule has 3 atom stereocenters. The van der Waals surface area contributed by atoms with Gasteiger partial charge in [-0.25, -0.2) is 4.79 Å². The fourth-order valence-corrected chi connectivity index (χ4v) is 3.25. The molecule has 2 fully saturated rings. The maximum Gasteiger partial charge on any atom is 0.407 e. The lowest BCUT2D eigenvalue weighted by atomic mass is 10.0. The second-order valence-corrected chi connectivity index (χ2v) is 7.64. The van der Waals surface area contributed by atoms with E-state index in [1.54, 1.807) is 0 Å². The minimum absolute atomic E-state index is 0.166. The van der Waals surface area contributed by atoms with E-state index in [1.165, 1.54) is 19.3 Å². The molecule has 1 aliphatic carbocycles. The molecule has 2 rings (SSSR count). The number of rotatable bonds is 4. The van der Waals surface area contributed by atoms with Crippen molar-refractivity contribution in [3.05, 3.63) is 0 Å². The summed E-state index contributed by atoms with van der Waals surface area (Å²) in [6, 6.07) is 0.510. The smallest absolute Gasteiger partial charge is 0.407 e. The summed E-state index contributed by atoms with van der Waals surface area (Å²) in [5.41, 5.74) is -0.446. The first-order chi connectivity index (χ1) is 10.4. The van der Waals surface area contributed by atoms with Crippen molar-refractivity contribution in [1.82, 2.24) is 10.6 Å². The van der Waals surface area contributed by atoms with Crippen LogP contribution in [0.2, 0.25) is 0 Å². The van der Waals surface area contributed by atoms with Gasteiger partial charge in [0.2, 0.25) is 0 Å². The van der Waals surface area contributed by atoms with Gasteiger partial charge >= 0.3 is 6.09 Å². The lowest BCUT2D eigenvalue weighted by Gasteiger charge is -2.29. The third-order valence-electron chi connectivity index (χ3n) is 4.41. The molecule has 1 aliphatic heterocycles. The summed E-state index contributed by atoms with van der Waals surface area (Å²) >= 11 is 0. The highest BCUT2D eigenvalue weighted by Gasteiger charge is 2.28. The third kappa shape index (κ3) is 6.13. The summed E-state index contributed by atoms with van der Waals surface area (Å²) in [4.78, 5) is 12.1. The molecule has 1 saturated heterocycles. The van der Waals surface area contributed by atoms with Crippen molar-refractivity contribution in [1.29, 1.82) is 0 Å². The fourth-order valence-electron chi connectivity index (χ4n) is 3.25. The summed E-state index contributed by atoms with van der Waals surface area (Å²) < 4.78 is 10.8. The van der Waals surface area contributed by atoms with Gasteiger partial charge in [0.25, 0.3) is 0 Å². The van der Waals surface area contributed by atoms with Crippen LogP contribution in [-0.2, 0) is 9.47 Å². The van der Waals surface area contributed by atoms with Crippen molar-refractivity contribution in [2.45, 2.75) is 77.0 Å². The van der Waals surface area contributed by atoms with Crippen molar-refractivity contribution in [2.75, 3.05) is 19.8 Å². The van der Waals surface area contributed by atoms with Crippen LogP contribution in [0.3, 0.4) is 0 Å². The van der Waals surface area contributed by atoms with Crippen LogP contribution in [0, 0.1) is 5.92 Å². The molecule has 2 aliphatic rings. The number of carbonyl (C=O) groups excluding carboxylic acids is 1. The van der Waals surface area contributed by atoms with Crippen LogP contribution in [0.4, 0.5) is 4.79 Å². The zero-order valence-electron chi connectivity index (χ0n) is 14.3. The number of alkyl carbamates (subject to hydrolysis) is 1. The highest BCUT2D eigenvalue weighted by Crippen LogP contribution is 2.20. The topological polar surface area (TPSA) is 59.6 Å². The minimum atomic E-state index is -0.446. The SMILES string of the molecule is CC(C)(C)OC(=O)NC1CCCCCC1NCC1CCOC1. The van der Waals surface area contributed by atoms with E-state index in [1.807, 2.05) is 20.8 Å². The van der Waals surface area contributed by atoms with Gasteiger partial charge in [-0.15, -0.1) is 0 Å². The first-order valence-corrected chi connectivity index (χ1v) is 8.75. The molecule has 128 valence electrons. The number of hydrogen-bond acceptors (Lipinski definition) is 4. The first kappa shape index (κ1) is 17.5. The van der Waals surface area contributed by atoms with E-state index >= 15 is 0 Å². The van der Waals surface area contributed by atoms with Gasteiger partial charge in [0.1, 0.15) is 5.60 Å². The zero-order valence-corrected chi connectivity index (χ0v) is 14.3. The Labute approximate surface area is 134 Å². The highest BCUT2D eigenvalue weighted by atomic mass is 16.6. The molecule has 1 heterocycles. The van der Waals surface area contributed by atoms with Crippen LogP contribution in [0.25, 0.3) is 0 Å². The van der Waals surface area contributed by atoms with E-state index in [9.17, 15) is 4.79 Å². The molecule has 22 heavy (non-hydrogen) atoms. The number of amides is 1. The van der Waals surface area contributed by atoms with E-state index in [2.05, 4.69) is 10.6 Å². The number of nitrogens with one attached hydrogen (secondary N) is 2. The van der Waals surface area contributed by atoms with Gasteiger partial charge in [-0.1, -0.05) is 19.3 Å². The van der Waals surface area contributed by atoms with Crippen LogP contribution < -0.4 is 10.6 Å². The molecular formula is C17H32N2O3. The second kappa shape index (κ2) is 8.16. The molecule has 0 bridgehead atoms. The van der Waals surface area contributed by atoms with E-state index < -0.39 is 5.60 Å². The molecule has 0 spiro atoms. The monoisotopic (exact) mass is 312 g/mol. The van der Waals surface area contributed by atoms with Crippen LogP contribution in [-0.4, -0.2) is 43.5 Å². The predicted octanol–water partition coefficient (Wildman–Crippen LogP) is 2.84. The van der Waals surface area contributed by atoms with E-state index in [0.29, 0.717) is 12.0 Å². The van der Waals surface area contributed by atoms with E-state index in [0.717, 1.165) is 39.0 Å². The van der Waals surface area contributed by atoms with E-state index in [-0.39, 0.29) is 12.1 Å². The molecular weight excluding hydrogens is 280 g/mol. The molecule has 1 amide bonds. The van der Waals surface area contributed by atoms with Gasteiger partial charge in [-0.3, -0.25) is 0 Å². The first-order valence-electron chi connectivity index (χ1n) is 8.75. The van der Waals surface area contributed by atoms with Crippen molar-refractivity contribution in [3.8, 4) is 0 Å². The normalized spacial score (nSPS) is 29.9.